The molecule has 0 spiro atoms. The zero-order valence-corrected chi connectivity index (χ0v) is 10.1. The molecule has 1 aromatic carbocycles. The molecule has 1 aromatic rings. The summed E-state index contributed by atoms with van der Waals surface area (Å²) >= 11 is 11.6. The Morgan fingerprint density at radius 2 is 1.31 bits per heavy atom. The van der Waals surface area contributed by atoms with Crippen LogP contribution in [-0.4, -0.2) is 0 Å². The Labute approximate surface area is 90.9 Å². The van der Waals surface area contributed by atoms with E-state index in [1.807, 2.05) is 26.0 Å². The van der Waals surface area contributed by atoms with Crippen molar-refractivity contribution < 1.29 is 0 Å². The zero-order chi connectivity index (χ0) is 10.4. The first-order chi connectivity index (χ1) is 6.09. The third kappa shape index (κ3) is 4.54. The van der Waals surface area contributed by atoms with Crippen LogP contribution in [0.4, 0.5) is 0 Å². The monoisotopic (exact) mass is 218 g/mol. The van der Waals surface area contributed by atoms with Gasteiger partial charge in [0, 0.05) is 10.0 Å². The van der Waals surface area contributed by atoms with Crippen LogP contribution in [0, 0.1) is 0 Å². The minimum Gasteiger partial charge on any atom is -0.0843 e. The van der Waals surface area contributed by atoms with E-state index in [0.717, 1.165) is 0 Å². The highest BCUT2D eigenvalue weighted by Crippen LogP contribution is 2.23. The molecule has 74 valence electrons. The minimum absolute atomic E-state index is 0.478. The Hall–Kier alpha value is -0.200. The number of benzene rings is 1. The van der Waals surface area contributed by atoms with E-state index in [0.29, 0.717) is 16.0 Å². The first-order valence-electron chi connectivity index (χ1n) is 4.55. The lowest BCUT2D eigenvalue weighted by atomic mass is 10.0. The largest absolute Gasteiger partial charge is 0.0843 e. The second-order valence-electron chi connectivity index (χ2n) is 2.86. The van der Waals surface area contributed by atoms with Gasteiger partial charge in [0.15, 0.2) is 0 Å². The van der Waals surface area contributed by atoms with Crippen LogP contribution in [0.3, 0.4) is 0 Å². The third-order valence-electron chi connectivity index (χ3n) is 1.55. The van der Waals surface area contributed by atoms with Crippen molar-refractivity contribution >= 4 is 23.2 Å². The molecule has 0 nitrogen and oxygen atoms in total. The second kappa shape index (κ2) is 6.28. The molecule has 0 N–H and O–H groups in total. The molecule has 0 bridgehead atoms. The fraction of sp³-hybridized carbons (Fsp3) is 0.455. The van der Waals surface area contributed by atoms with E-state index < -0.39 is 0 Å². The smallest absolute Gasteiger partial charge is 0.0423 e. The van der Waals surface area contributed by atoms with E-state index in [-0.39, 0.29) is 0 Å². The van der Waals surface area contributed by atoms with E-state index in [9.17, 15) is 0 Å². The van der Waals surface area contributed by atoms with Crippen molar-refractivity contribution in [2.24, 2.45) is 0 Å². The first kappa shape index (κ1) is 12.8. The average molecular weight is 219 g/mol. The molecule has 0 aromatic heterocycles. The fourth-order valence-electron chi connectivity index (χ4n) is 0.908. The summed E-state index contributed by atoms with van der Waals surface area (Å²) in [5.74, 6) is 0.478. The molecule has 0 aliphatic heterocycles. The second-order valence-corrected chi connectivity index (χ2v) is 3.73. The maximum atomic E-state index is 5.81. The van der Waals surface area contributed by atoms with Crippen LogP contribution < -0.4 is 0 Å². The van der Waals surface area contributed by atoms with Gasteiger partial charge < -0.3 is 0 Å². The lowest BCUT2D eigenvalue weighted by molar-refractivity contribution is 0.867. The summed E-state index contributed by atoms with van der Waals surface area (Å²) in [5.41, 5.74) is 1.18. The molecule has 0 aliphatic carbocycles. The molecule has 2 heteroatoms. The Morgan fingerprint density at radius 1 is 0.923 bits per heavy atom. The molecule has 0 aliphatic rings. The van der Waals surface area contributed by atoms with Crippen molar-refractivity contribution in [3.05, 3.63) is 33.8 Å². The van der Waals surface area contributed by atoms with Crippen molar-refractivity contribution in [2.75, 3.05) is 0 Å². The maximum absolute atomic E-state index is 5.81. The van der Waals surface area contributed by atoms with E-state index in [1.165, 1.54) is 5.56 Å². The summed E-state index contributed by atoms with van der Waals surface area (Å²) in [6, 6.07) is 5.63. The highest BCUT2D eigenvalue weighted by Gasteiger charge is 2.01. The summed E-state index contributed by atoms with van der Waals surface area (Å²) in [5, 5.41) is 1.42. The third-order valence-corrected chi connectivity index (χ3v) is 1.99. The normalized spacial score (nSPS) is 9.46. The molecule has 1 rings (SSSR count). The highest BCUT2D eigenvalue weighted by molar-refractivity contribution is 6.34. The van der Waals surface area contributed by atoms with Gasteiger partial charge in [0.1, 0.15) is 0 Å². The SMILES string of the molecule is CC.CC(C)c1cc(Cl)cc(Cl)c1. The summed E-state index contributed by atoms with van der Waals surface area (Å²) in [4.78, 5) is 0. The summed E-state index contributed by atoms with van der Waals surface area (Å²) < 4.78 is 0. The fourth-order valence-corrected chi connectivity index (χ4v) is 1.45. The van der Waals surface area contributed by atoms with Gasteiger partial charge in [-0.05, 0) is 29.7 Å². The number of hydrogen-bond donors (Lipinski definition) is 0. The van der Waals surface area contributed by atoms with Crippen LogP contribution in [0.15, 0.2) is 18.2 Å². The summed E-state index contributed by atoms with van der Waals surface area (Å²) in [7, 11) is 0. The molecule has 0 fully saturated rings. The molecular weight excluding hydrogens is 203 g/mol. The summed E-state index contributed by atoms with van der Waals surface area (Å²) in [6.07, 6.45) is 0. The van der Waals surface area contributed by atoms with Gasteiger partial charge in [0.2, 0.25) is 0 Å². The van der Waals surface area contributed by atoms with Gasteiger partial charge in [-0.2, -0.15) is 0 Å². The topological polar surface area (TPSA) is 0 Å². The maximum Gasteiger partial charge on any atom is 0.0423 e. The standard InChI is InChI=1S/C9H10Cl2.C2H6/c1-6(2)7-3-8(10)5-9(11)4-7;1-2/h3-6H,1-2H3;1-2H3. The van der Waals surface area contributed by atoms with E-state index in [1.54, 1.807) is 6.07 Å². The molecule has 0 unspecified atom stereocenters. The van der Waals surface area contributed by atoms with Crippen LogP contribution in [0.2, 0.25) is 10.0 Å². The van der Waals surface area contributed by atoms with Crippen LogP contribution in [0.25, 0.3) is 0 Å². The molecule has 0 radical (unpaired) electrons. The highest BCUT2D eigenvalue weighted by atomic mass is 35.5. The van der Waals surface area contributed by atoms with Gasteiger partial charge in [0.25, 0.3) is 0 Å². The molecule has 0 saturated heterocycles. The quantitative estimate of drug-likeness (QED) is 0.613. The molecule has 0 saturated carbocycles. The van der Waals surface area contributed by atoms with Crippen molar-refractivity contribution in [2.45, 2.75) is 33.6 Å². The molecule has 0 atom stereocenters. The van der Waals surface area contributed by atoms with Gasteiger partial charge in [0.05, 0.1) is 0 Å². The number of hydrogen-bond acceptors (Lipinski definition) is 0. The number of rotatable bonds is 1. The molecule has 0 amide bonds. The van der Waals surface area contributed by atoms with E-state index >= 15 is 0 Å². The van der Waals surface area contributed by atoms with Crippen molar-refractivity contribution in [1.29, 1.82) is 0 Å². The molecular formula is C11H16Cl2. The predicted octanol–water partition coefficient (Wildman–Crippen LogP) is 5.14. The molecule has 13 heavy (non-hydrogen) atoms. The van der Waals surface area contributed by atoms with Gasteiger partial charge in [-0.15, -0.1) is 0 Å². The Balaban J connectivity index is 0.000000671. The minimum atomic E-state index is 0.478. The van der Waals surface area contributed by atoms with Gasteiger partial charge in [-0.3, -0.25) is 0 Å². The lowest BCUT2D eigenvalue weighted by Gasteiger charge is -2.05. The number of halogens is 2. The first-order valence-corrected chi connectivity index (χ1v) is 5.31. The lowest BCUT2D eigenvalue weighted by Crippen LogP contribution is -1.86. The van der Waals surface area contributed by atoms with Crippen LogP contribution in [0.5, 0.6) is 0 Å². The van der Waals surface area contributed by atoms with Crippen LogP contribution in [-0.2, 0) is 0 Å². The predicted molar refractivity (Wildman–Crippen MR) is 61.9 cm³/mol. The molecule has 0 heterocycles. The Kier molecular flexibility index (Phi) is 6.19. The van der Waals surface area contributed by atoms with Crippen LogP contribution >= 0.6 is 23.2 Å². The van der Waals surface area contributed by atoms with Crippen molar-refractivity contribution in [3.8, 4) is 0 Å². The van der Waals surface area contributed by atoms with Crippen LogP contribution in [0.1, 0.15) is 39.2 Å². The Bertz CT molecular complexity index is 234. The van der Waals surface area contributed by atoms with Crippen molar-refractivity contribution in [1.82, 2.24) is 0 Å². The summed E-state index contributed by atoms with van der Waals surface area (Å²) in [6.45, 7) is 8.23. The Morgan fingerprint density at radius 3 is 1.62 bits per heavy atom. The van der Waals surface area contributed by atoms with Crippen molar-refractivity contribution in [3.63, 3.8) is 0 Å². The van der Waals surface area contributed by atoms with Gasteiger partial charge in [-0.1, -0.05) is 50.9 Å². The van der Waals surface area contributed by atoms with E-state index in [4.69, 9.17) is 23.2 Å². The van der Waals surface area contributed by atoms with Gasteiger partial charge >= 0.3 is 0 Å². The zero-order valence-electron chi connectivity index (χ0n) is 8.57. The van der Waals surface area contributed by atoms with Gasteiger partial charge in [-0.25, -0.2) is 0 Å². The van der Waals surface area contributed by atoms with E-state index in [2.05, 4.69) is 13.8 Å². The average Bonchev–Trinajstić information content (AvgIpc) is 2.06.